The highest BCUT2D eigenvalue weighted by atomic mass is 16.3. The van der Waals surface area contributed by atoms with Gasteiger partial charge < -0.3 is 10.4 Å². The Balaban J connectivity index is 1.94. The summed E-state index contributed by atoms with van der Waals surface area (Å²) in [7, 11) is 0. The molecule has 0 saturated carbocycles. The van der Waals surface area contributed by atoms with Crippen molar-refractivity contribution in [2.45, 2.75) is 19.6 Å². The van der Waals surface area contributed by atoms with Gasteiger partial charge in [0.2, 0.25) is 0 Å². The maximum absolute atomic E-state index is 11.8. The quantitative estimate of drug-likeness (QED) is 0.881. The van der Waals surface area contributed by atoms with Gasteiger partial charge in [-0.3, -0.25) is 4.79 Å². The van der Waals surface area contributed by atoms with E-state index in [4.69, 9.17) is 0 Å². The zero-order chi connectivity index (χ0) is 13.7. The van der Waals surface area contributed by atoms with Crippen LogP contribution >= 0.6 is 0 Å². The number of nitrogens with one attached hydrogen (secondary N) is 1. The molecule has 2 aromatic carbocycles. The van der Waals surface area contributed by atoms with Crippen LogP contribution in [-0.4, -0.2) is 11.0 Å². The zero-order valence-corrected chi connectivity index (χ0v) is 10.8. The monoisotopic (exact) mass is 255 g/mol. The fraction of sp³-hybridized carbons (Fsp3) is 0.188. The topological polar surface area (TPSA) is 49.3 Å². The predicted octanol–water partition coefficient (Wildman–Crippen LogP) is 2.34. The molecule has 0 aromatic heterocycles. The minimum Gasteiger partial charge on any atom is -0.378 e. The third kappa shape index (κ3) is 3.66. The highest BCUT2D eigenvalue weighted by Crippen LogP contribution is 2.13. The van der Waals surface area contributed by atoms with Crippen molar-refractivity contribution in [2.24, 2.45) is 0 Å². The van der Waals surface area contributed by atoms with Gasteiger partial charge in [0.1, 0.15) is 0 Å². The first-order valence-electron chi connectivity index (χ1n) is 6.23. The van der Waals surface area contributed by atoms with Crippen LogP contribution in [0.25, 0.3) is 0 Å². The first-order chi connectivity index (χ1) is 9.16. The number of carbonyl (C=O) groups is 1. The van der Waals surface area contributed by atoms with Crippen molar-refractivity contribution in [1.82, 2.24) is 5.32 Å². The molecule has 0 fully saturated rings. The van der Waals surface area contributed by atoms with E-state index in [1.807, 2.05) is 49.4 Å². The lowest BCUT2D eigenvalue weighted by molar-refractivity contribution is -0.129. The number of aliphatic hydroxyl groups is 1. The average Bonchev–Trinajstić information content (AvgIpc) is 2.46. The van der Waals surface area contributed by atoms with E-state index in [1.54, 1.807) is 12.1 Å². The van der Waals surface area contributed by atoms with Crippen LogP contribution in [0.15, 0.2) is 54.6 Å². The van der Waals surface area contributed by atoms with Crippen molar-refractivity contribution in [1.29, 1.82) is 0 Å². The number of aryl methyl sites for hydroxylation is 1. The number of benzene rings is 2. The van der Waals surface area contributed by atoms with E-state index in [0.29, 0.717) is 12.1 Å². The molecule has 3 nitrogen and oxygen atoms in total. The summed E-state index contributed by atoms with van der Waals surface area (Å²) in [5, 5.41) is 12.7. The first-order valence-corrected chi connectivity index (χ1v) is 6.23. The standard InChI is InChI=1S/C16H17NO2/c1-12-7-9-14(10-8-12)15(18)16(19)17-11-13-5-3-2-4-6-13/h2-10,15,18H,11H2,1H3,(H,17,19). The van der Waals surface area contributed by atoms with Gasteiger partial charge in [0.15, 0.2) is 6.10 Å². The number of aliphatic hydroxyl groups excluding tert-OH is 1. The number of hydrogen-bond acceptors (Lipinski definition) is 2. The maximum atomic E-state index is 11.8. The lowest BCUT2D eigenvalue weighted by Gasteiger charge is -2.12. The van der Waals surface area contributed by atoms with Gasteiger partial charge in [0.05, 0.1) is 0 Å². The van der Waals surface area contributed by atoms with E-state index in [9.17, 15) is 9.90 Å². The molecule has 0 aliphatic rings. The van der Waals surface area contributed by atoms with Crippen LogP contribution in [0.2, 0.25) is 0 Å². The largest absolute Gasteiger partial charge is 0.378 e. The number of carbonyl (C=O) groups excluding carboxylic acids is 1. The van der Waals surface area contributed by atoms with Gasteiger partial charge in [-0.2, -0.15) is 0 Å². The first kappa shape index (κ1) is 13.3. The Morgan fingerprint density at radius 2 is 1.74 bits per heavy atom. The molecule has 0 heterocycles. The van der Waals surface area contributed by atoms with Crippen LogP contribution in [0.1, 0.15) is 22.8 Å². The molecule has 1 atom stereocenters. The van der Waals surface area contributed by atoms with Crippen LogP contribution in [0.5, 0.6) is 0 Å². The minimum atomic E-state index is -1.12. The van der Waals surface area contributed by atoms with Crippen LogP contribution < -0.4 is 5.32 Å². The fourth-order valence-corrected chi connectivity index (χ4v) is 1.78. The molecule has 19 heavy (non-hydrogen) atoms. The van der Waals surface area contributed by atoms with E-state index in [2.05, 4.69) is 5.32 Å². The lowest BCUT2D eigenvalue weighted by Crippen LogP contribution is -2.28. The van der Waals surface area contributed by atoms with Crippen LogP contribution in [0.4, 0.5) is 0 Å². The smallest absolute Gasteiger partial charge is 0.253 e. The Bertz CT molecular complexity index is 534. The average molecular weight is 255 g/mol. The molecular formula is C16H17NO2. The normalized spacial score (nSPS) is 11.9. The van der Waals surface area contributed by atoms with Crippen molar-refractivity contribution in [2.75, 3.05) is 0 Å². The Morgan fingerprint density at radius 1 is 1.11 bits per heavy atom. The van der Waals surface area contributed by atoms with Crippen molar-refractivity contribution in [3.63, 3.8) is 0 Å². The second-order valence-electron chi connectivity index (χ2n) is 4.52. The van der Waals surface area contributed by atoms with E-state index in [1.165, 1.54) is 0 Å². The summed E-state index contributed by atoms with van der Waals surface area (Å²) >= 11 is 0. The molecule has 2 N–H and O–H groups in total. The van der Waals surface area contributed by atoms with Crippen molar-refractivity contribution in [3.8, 4) is 0 Å². The second-order valence-corrected chi connectivity index (χ2v) is 4.52. The number of amides is 1. The minimum absolute atomic E-state index is 0.382. The highest BCUT2D eigenvalue weighted by Gasteiger charge is 2.16. The number of hydrogen-bond donors (Lipinski definition) is 2. The summed E-state index contributed by atoms with van der Waals surface area (Å²) in [6, 6.07) is 16.9. The van der Waals surface area contributed by atoms with Crippen molar-refractivity contribution in [3.05, 3.63) is 71.3 Å². The molecule has 1 amide bonds. The molecule has 0 aliphatic heterocycles. The van der Waals surface area contributed by atoms with Crippen LogP contribution in [-0.2, 0) is 11.3 Å². The van der Waals surface area contributed by atoms with Gasteiger partial charge >= 0.3 is 0 Å². The molecule has 1 unspecified atom stereocenters. The number of rotatable bonds is 4. The third-order valence-electron chi connectivity index (χ3n) is 2.95. The third-order valence-corrected chi connectivity index (χ3v) is 2.95. The Labute approximate surface area is 112 Å². The molecular weight excluding hydrogens is 238 g/mol. The van der Waals surface area contributed by atoms with Gasteiger partial charge in [-0.25, -0.2) is 0 Å². The summed E-state index contributed by atoms with van der Waals surface area (Å²) in [5.74, 6) is -0.382. The summed E-state index contributed by atoms with van der Waals surface area (Å²) < 4.78 is 0. The predicted molar refractivity (Wildman–Crippen MR) is 74.4 cm³/mol. The van der Waals surface area contributed by atoms with E-state index >= 15 is 0 Å². The Kier molecular flexibility index (Phi) is 4.31. The Morgan fingerprint density at radius 3 is 2.37 bits per heavy atom. The zero-order valence-electron chi connectivity index (χ0n) is 10.8. The SMILES string of the molecule is Cc1ccc(C(O)C(=O)NCc2ccccc2)cc1. The molecule has 0 saturated heterocycles. The molecule has 2 rings (SSSR count). The van der Waals surface area contributed by atoms with E-state index < -0.39 is 6.10 Å². The van der Waals surface area contributed by atoms with Crippen molar-refractivity contribution >= 4 is 5.91 Å². The second kappa shape index (κ2) is 6.16. The molecule has 98 valence electrons. The molecule has 3 heteroatoms. The summed E-state index contributed by atoms with van der Waals surface area (Å²) in [6.07, 6.45) is -1.12. The van der Waals surface area contributed by atoms with Crippen LogP contribution in [0, 0.1) is 6.92 Å². The summed E-state index contributed by atoms with van der Waals surface area (Å²) in [6.45, 7) is 2.38. The molecule has 0 bridgehead atoms. The van der Waals surface area contributed by atoms with E-state index in [0.717, 1.165) is 11.1 Å². The molecule has 0 spiro atoms. The van der Waals surface area contributed by atoms with Crippen LogP contribution in [0.3, 0.4) is 0 Å². The van der Waals surface area contributed by atoms with Crippen molar-refractivity contribution < 1.29 is 9.90 Å². The van der Waals surface area contributed by atoms with E-state index in [-0.39, 0.29) is 5.91 Å². The highest BCUT2D eigenvalue weighted by molar-refractivity contribution is 5.81. The van der Waals surface area contributed by atoms with Gasteiger partial charge in [-0.1, -0.05) is 60.2 Å². The fourth-order valence-electron chi connectivity index (χ4n) is 1.78. The lowest BCUT2D eigenvalue weighted by atomic mass is 10.1. The van der Waals surface area contributed by atoms with Gasteiger partial charge in [0, 0.05) is 6.54 Å². The molecule has 0 aliphatic carbocycles. The van der Waals surface area contributed by atoms with Gasteiger partial charge in [0.25, 0.3) is 5.91 Å². The maximum Gasteiger partial charge on any atom is 0.253 e. The summed E-state index contributed by atoms with van der Waals surface area (Å²) in [5.41, 5.74) is 2.71. The Hall–Kier alpha value is -2.13. The summed E-state index contributed by atoms with van der Waals surface area (Å²) in [4.78, 5) is 11.8. The molecule has 0 radical (unpaired) electrons. The van der Waals surface area contributed by atoms with Gasteiger partial charge in [-0.15, -0.1) is 0 Å². The van der Waals surface area contributed by atoms with Gasteiger partial charge in [-0.05, 0) is 18.1 Å². The molecule has 2 aromatic rings.